The third kappa shape index (κ3) is 3.53. The molecule has 0 saturated carbocycles. The second-order valence-electron chi connectivity index (χ2n) is 5.39. The average Bonchev–Trinajstić information content (AvgIpc) is 3.35. The summed E-state index contributed by atoms with van der Waals surface area (Å²) < 4.78 is 19.7. The lowest BCUT2D eigenvalue weighted by molar-refractivity contribution is 0.0981. The van der Waals surface area contributed by atoms with E-state index in [0.717, 1.165) is 11.8 Å². The molecule has 2 heterocycles. The molecule has 1 amide bonds. The predicted molar refractivity (Wildman–Crippen MR) is 94.0 cm³/mol. The average molecular weight is 385 g/mol. The summed E-state index contributed by atoms with van der Waals surface area (Å²) in [4.78, 5) is 16.2. The zero-order valence-electron chi connectivity index (χ0n) is 13.5. The van der Waals surface area contributed by atoms with Crippen LogP contribution in [0.15, 0.2) is 59.3 Å². The zero-order chi connectivity index (χ0) is 18.8. The Morgan fingerprint density at radius 1 is 1.19 bits per heavy atom. The monoisotopic (exact) mass is 384 g/mol. The minimum absolute atomic E-state index is 0.111. The van der Waals surface area contributed by atoms with Gasteiger partial charge in [0.25, 0.3) is 0 Å². The van der Waals surface area contributed by atoms with Crippen molar-refractivity contribution in [2.24, 2.45) is 0 Å². The number of anilines is 1. The normalized spacial score (nSPS) is 10.7. The minimum Gasteiger partial charge on any atom is -0.328 e. The maximum atomic E-state index is 13.2. The van der Waals surface area contributed by atoms with Crippen molar-refractivity contribution < 1.29 is 13.7 Å². The lowest BCUT2D eigenvalue weighted by atomic mass is 10.3. The van der Waals surface area contributed by atoms with E-state index >= 15 is 0 Å². The molecule has 0 atom stereocenters. The molecule has 1 N–H and O–H groups in total. The number of rotatable bonds is 4. The van der Waals surface area contributed by atoms with E-state index in [-0.39, 0.29) is 16.7 Å². The molecule has 8 nitrogen and oxygen atoms in total. The molecule has 0 aliphatic carbocycles. The molecular weight excluding hydrogens is 375 g/mol. The van der Waals surface area contributed by atoms with Crippen LogP contribution in [0.1, 0.15) is 10.7 Å². The molecular formula is C17H10ClFN6O2. The highest BCUT2D eigenvalue weighted by atomic mass is 35.5. The quantitative estimate of drug-likeness (QED) is 0.579. The summed E-state index contributed by atoms with van der Waals surface area (Å²) in [5.74, 6) is -1.41. The number of carbonyl (C=O) groups excluding carboxylic acids is 1. The Hall–Kier alpha value is -3.59. The van der Waals surface area contributed by atoms with Gasteiger partial charge in [0.05, 0.1) is 16.9 Å². The molecule has 0 bridgehead atoms. The number of hydrogen-bond acceptors (Lipinski definition) is 6. The van der Waals surface area contributed by atoms with Gasteiger partial charge >= 0.3 is 11.8 Å². The topological polar surface area (TPSA) is 98.7 Å². The van der Waals surface area contributed by atoms with E-state index in [1.807, 2.05) is 30.3 Å². The van der Waals surface area contributed by atoms with Crippen molar-refractivity contribution in [3.05, 3.63) is 71.5 Å². The van der Waals surface area contributed by atoms with Gasteiger partial charge in [-0.05, 0) is 30.3 Å². The number of para-hydroxylation sites is 1. The maximum Gasteiger partial charge on any atom is 0.316 e. The first kappa shape index (κ1) is 16.9. The van der Waals surface area contributed by atoms with Crippen LogP contribution in [0.3, 0.4) is 0 Å². The van der Waals surface area contributed by atoms with Crippen molar-refractivity contribution in [3.8, 4) is 17.2 Å². The van der Waals surface area contributed by atoms with Crippen LogP contribution in [0.5, 0.6) is 0 Å². The van der Waals surface area contributed by atoms with Crippen LogP contribution in [0, 0.1) is 5.82 Å². The van der Waals surface area contributed by atoms with E-state index in [0.29, 0.717) is 11.4 Å². The van der Waals surface area contributed by atoms with E-state index in [4.69, 9.17) is 16.1 Å². The lowest BCUT2D eigenvalue weighted by Crippen LogP contribution is -2.12. The van der Waals surface area contributed by atoms with Gasteiger partial charge in [-0.15, -0.1) is 5.10 Å². The molecule has 2 aromatic carbocycles. The molecule has 0 aliphatic rings. The highest BCUT2D eigenvalue weighted by Gasteiger charge is 2.19. The number of aromatic nitrogens is 5. The van der Waals surface area contributed by atoms with Crippen molar-refractivity contribution in [3.63, 3.8) is 0 Å². The summed E-state index contributed by atoms with van der Waals surface area (Å²) in [5.41, 5.74) is 1.44. The molecule has 0 fully saturated rings. The van der Waals surface area contributed by atoms with E-state index in [1.165, 1.54) is 12.1 Å². The van der Waals surface area contributed by atoms with Crippen molar-refractivity contribution >= 4 is 23.2 Å². The summed E-state index contributed by atoms with van der Waals surface area (Å²) >= 11 is 5.69. The van der Waals surface area contributed by atoms with Gasteiger partial charge in [-0.2, -0.15) is 4.98 Å². The Bertz CT molecular complexity index is 1110. The van der Waals surface area contributed by atoms with Gasteiger partial charge in [0.2, 0.25) is 5.82 Å². The molecule has 2 aromatic heterocycles. The number of benzene rings is 2. The van der Waals surface area contributed by atoms with Gasteiger partial charge in [0.15, 0.2) is 5.69 Å². The molecule has 0 radical (unpaired) electrons. The van der Waals surface area contributed by atoms with Crippen LogP contribution in [0.4, 0.5) is 10.1 Å². The smallest absolute Gasteiger partial charge is 0.316 e. The number of nitrogens with zero attached hydrogens (tertiary/aromatic N) is 5. The van der Waals surface area contributed by atoms with E-state index in [2.05, 4.69) is 25.8 Å². The lowest BCUT2D eigenvalue weighted by Gasteiger charge is -2.02. The Labute approximate surface area is 156 Å². The molecule has 10 heteroatoms. The van der Waals surface area contributed by atoms with Gasteiger partial charge in [0, 0.05) is 5.69 Å². The second-order valence-corrected chi connectivity index (χ2v) is 5.80. The first-order chi connectivity index (χ1) is 13.1. The zero-order valence-corrected chi connectivity index (χ0v) is 14.3. The molecule has 0 unspecified atom stereocenters. The van der Waals surface area contributed by atoms with Gasteiger partial charge in [0.1, 0.15) is 5.82 Å². The maximum absolute atomic E-state index is 13.2. The van der Waals surface area contributed by atoms with Crippen LogP contribution in [-0.2, 0) is 0 Å². The fraction of sp³-hybridized carbons (Fsp3) is 0. The highest BCUT2D eigenvalue weighted by molar-refractivity contribution is 6.31. The van der Waals surface area contributed by atoms with Crippen molar-refractivity contribution in [2.75, 3.05) is 5.32 Å². The number of hydrogen-bond donors (Lipinski definition) is 1. The fourth-order valence-corrected chi connectivity index (χ4v) is 2.43. The van der Waals surface area contributed by atoms with Crippen molar-refractivity contribution in [1.29, 1.82) is 0 Å². The van der Waals surface area contributed by atoms with Gasteiger partial charge in [-0.25, -0.2) is 9.07 Å². The van der Waals surface area contributed by atoms with Crippen molar-refractivity contribution in [2.45, 2.75) is 0 Å². The van der Waals surface area contributed by atoms with E-state index < -0.39 is 11.7 Å². The number of carbonyl (C=O) groups is 1. The van der Waals surface area contributed by atoms with Gasteiger partial charge in [-0.1, -0.05) is 40.2 Å². The fourth-order valence-electron chi connectivity index (χ4n) is 2.25. The van der Waals surface area contributed by atoms with Crippen LogP contribution in [-0.4, -0.2) is 31.0 Å². The number of halogens is 2. The molecule has 134 valence electrons. The molecule has 4 aromatic rings. The number of nitrogens with one attached hydrogen (secondary N) is 1. The Morgan fingerprint density at radius 3 is 2.78 bits per heavy atom. The van der Waals surface area contributed by atoms with Crippen LogP contribution in [0.2, 0.25) is 5.02 Å². The molecule has 0 aliphatic heterocycles. The first-order valence-corrected chi connectivity index (χ1v) is 8.06. The van der Waals surface area contributed by atoms with Crippen molar-refractivity contribution in [1.82, 2.24) is 25.1 Å². The van der Waals surface area contributed by atoms with E-state index in [9.17, 15) is 9.18 Å². The summed E-state index contributed by atoms with van der Waals surface area (Å²) in [6.07, 6.45) is 1.61. The molecule has 0 saturated heterocycles. The molecule has 27 heavy (non-hydrogen) atoms. The van der Waals surface area contributed by atoms with E-state index in [1.54, 1.807) is 10.9 Å². The SMILES string of the molecule is O=C(Nc1ccc(F)c(Cl)c1)c1nc(-c2cn(-c3ccccc3)nn2)no1. The third-order valence-electron chi connectivity index (χ3n) is 3.54. The Kier molecular flexibility index (Phi) is 4.35. The van der Waals surface area contributed by atoms with Crippen LogP contribution < -0.4 is 5.32 Å². The summed E-state index contributed by atoms with van der Waals surface area (Å²) in [5, 5.41) is 14.1. The summed E-state index contributed by atoms with van der Waals surface area (Å²) in [7, 11) is 0. The summed E-state index contributed by atoms with van der Waals surface area (Å²) in [6, 6.07) is 13.1. The standard InChI is InChI=1S/C17H10ClFN6O2/c18-12-8-10(6-7-13(12)19)20-16(26)17-21-15(23-27-17)14-9-25(24-22-14)11-4-2-1-3-5-11/h1-9H,(H,20,26). The predicted octanol–water partition coefficient (Wildman–Crippen LogP) is 3.36. The molecule has 0 spiro atoms. The highest BCUT2D eigenvalue weighted by Crippen LogP contribution is 2.20. The van der Waals surface area contributed by atoms with Gasteiger partial charge < -0.3 is 9.84 Å². The minimum atomic E-state index is -0.660. The number of amides is 1. The Balaban J connectivity index is 1.52. The van der Waals surface area contributed by atoms with Crippen LogP contribution in [0.25, 0.3) is 17.2 Å². The van der Waals surface area contributed by atoms with Gasteiger partial charge in [-0.3, -0.25) is 4.79 Å². The van der Waals surface area contributed by atoms with Crippen LogP contribution >= 0.6 is 11.6 Å². The largest absolute Gasteiger partial charge is 0.328 e. The second kappa shape index (κ2) is 6.96. The molecule has 4 rings (SSSR count). The first-order valence-electron chi connectivity index (χ1n) is 7.68. The summed E-state index contributed by atoms with van der Waals surface area (Å²) in [6.45, 7) is 0. The third-order valence-corrected chi connectivity index (χ3v) is 3.83. The Morgan fingerprint density at radius 2 is 2.00 bits per heavy atom.